The van der Waals surface area contributed by atoms with Crippen molar-refractivity contribution < 1.29 is 9.90 Å². The lowest BCUT2D eigenvalue weighted by Gasteiger charge is -2.12. The van der Waals surface area contributed by atoms with Gasteiger partial charge in [-0.3, -0.25) is 10.1 Å². The van der Waals surface area contributed by atoms with Crippen molar-refractivity contribution in [3.05, 3.63) is 34.5 Å². The van der Waals surface area contributed by atoms with E-state index >= 15 is 0 Å². The van der Waals surface area contributed by atoms with E-state index in [1.165, 1.54) is 11.3 Å². The third-order valence-corrected chi connectivity index (χ3v) is 2.96. The van der Waals surface area contributed by atoms with Gasteiger partial charge in [-0.2, -0.15) is 0 Å². The first-order valence-corrected chi connectivity index (χ1v) is 5.16. The molecule has 4 heteroatoms. The van der Waals surface area contributed by atoms with Crippen molar-refractivity contribution in [3.8, 4) is 0 Å². The lowest BCUT2D eigenvalue weighted by Crippen LogP contribution is -2.28. The van der Waals surface area contributed by atoms with E-state index in [9.17, 15) is 4.79 Å². The highest BCUT2D eigenvalue weighted by atomic mass is 32.1. The number of nitrogens with one attached hydrogen (secondary N) is 1. The molecular formula is C10H13NO2S. The Hall–Kier alpha value is -1.13. The van der Waals surface area contributed by atoms with Gasteiger partial charge in [0.15, 0.2) is 0 Å². The average molecular weight is 211 g/mol. The molecule has 3 nitrogen and oxygen atoms in total. The molecule has 1 aromatic rings. The Morgan fingerprint density at radius 1 is 1.86 bits per heavy atom. The van der Waals surface area contributed by atoms with Gasteiger partial charge in [-0.1, -0.05) is 6.08 Å². The number of aliphatic carboxylic acids is 1. The van der Waals surface area contributed by atoms with E-state index in [0.717, 1.165) is 10.4 Å². The molecule has 0 saturated heterocycles. The number of rotatable bonds is 5. The van der Waals surface area contributed by atoms with Gasteiger partial charge in [-0.05, 0) is 23.9 Å². The number of carboxylic acids is 1. The molecule has 0 aromatic carbocycles. The Kier molecular flexibility index (Phi) is 3.85. The molecule has 0 radical (unpaired) electrons. The Balaban J connectivity index is 2.83. The number of carboxylic acid groups (broad SMARTS) is 1. The van der Waals surface area contributed by atoms with Crippen LogP contribution in [0.15, 0.2) is 24.1 Å². The van der Waals surface area contributed by atoms with Gasteiger partial charge in [0.25, 0.3) is 0 Å². The molecule has 1 atom stereocenters. The molecule has 1 aromatic heterocycles. The van der Waals surface area contributed by atoms with Crippen LogP contribution in [0.4, 0.5) is 0 Å². The second-order valence-electron chi connectivity index (χ2n) is 2.94. The molecule has 14 heavy (non-hydrogen) atoms. The minimum atomic E-state index is -0.850. The number of carbonyl (C=O) groups is 1. The van der Waals surface area contributed by atoms with Crippen molar-refractivity contribution in [1.82, 2.24) is 5.32 Å². The number of thiophene rings is 1. The molecule has 0 aliphatic heterocycles. The lowest BCUT2D eigenvalue weighted by molar-refractivity contribution is -0.139. The Labute approximate surface area is 87.1 Å². The number of hydrogen-bond donors (Lipinski definition) is 2. The fraction of sp³-hybridized carbons (Fsp3) is 0.300. The predicted molar refractivity (Wildman–Crippen MR) is 57.6 cm³/mol. The fourth-order valence-electron chi connectivity index (χ4n) is 1.17. The molecular weight excluding hydrogens is 198 g/mol. The second-order valence-corrected chi connectivity index (χ2v) is 3.88. The van der Waals surface area contributed by atoms with Crippen molar-refractivity contribution in [2.24, 2.45) is 0 Å². The first kappa shape index (κ1) is 10.9. The van der Waals surface area contributed by atoms with Gasteiger partial charge in [0.05, 0.1) is 0 Å². The summed E-state index contributed by atoms with van der Waals surface area (Å²) in [5, 5.41) is 13.8. The van der Waals surface area contributed by atoms with Gasteiger partial charge in [0.1, 0.15) is 6.04 Å². The lowest BCUT2D eigenvalue weighted by atomic mass is 10.1. The zero-order valence-corrected chi connectivity index (χ0v) is 8.80. The number of hydrogen-bond acceptors (Lipinski definition) is 3. The molecule has 0 spiro atoms. The zero-order chi connectivity index (χ0) is 10.6. The van der Waals surface area contributed by atoms with E-state index in [2.05, 4.69) is 11.9 Å². The third kappa shape index (κ3) is 2.43. The minimum absolute atomic E-state index is 0.494. The Morgan fingerprint density at radius 2 is 2.57 bits per heavy atom. The molecule has 76 valence electrons. The first-order valence-electron chi connectivity index (χ1n) is 4.28. The quantitative estimate of drug-likeness (QED) is 0.732. The summed E-state index contributed by atoms with van der Waals surface area (Å²) in [6.07, 6.45) is 1.65. The average Bonchev–Trinajstić information content (AvgIpc) is 2.52. The smallest absolute Gasteiger partial charge is 0.326 e. The summed E-state index contributed by atoms with van der Waals surface area (Å²) < 4.78 is 0. The maximum absolute atomic E-state index is 11.0. The van der Waals surface area contributed by atoms with Crippen LogP contribution < -0.4 is 5.32 Å². The highest BCUT2D eigenvalue weighted by Gasteiger charge is 2.21. The van der Waals surface area contributed by atoms with E-state index in [4.69, 9.17) is 5.11 Å². The highest BCUT2D eigenvalue weighted by Crippen LogP contribution is 2.23. The summed E-state index contributed by atoms with van der Waals surface area (Å²) in [5.74, 6) is -0.850. The van der Waals surface area contributed by atoms with Crippen LogP contribution in [0.2, 0.25) is 0 Å². The van der Waals surface area contributed by atoms with Gasteiger partial charge in [0, 0.05) is 11.4 Å². The van der Waals surface area contributed by atoms with E-state index < -0.39 is 12.0 Å². The molecule has 0 amide bonds. The van der Waals surface area contributed by atoms with E-state index in [1.807, 2.05) is 18.4 Å². The van der Waals surface area contributed by atoms with Crippen LogP contribution >= 0.6 is 11.3 Å². The van der Waals surface area contributed by atoms with Crippen molar-refractivity contribution in [2.75, 3.05) is 6.54 Å². The predicted octanol–water partition coefficient (Wildman–Crippen LogP) is 1.96. The SMILES string of the molecule is C=CCNC(C(=O)O)c1sccc1C. The van der Waals surface area contributed by atoms with Gasteiger partial charge in [-0.15, -0.1) is 17.9 Å². The van der Waals surface area contributed by atoms with Gasteiger partial charge in [0.2, 0.25) is 0 Å². The summed E-state index contributed by atoms with van der Waals surface area (Å²) in [6.45, 7) is 5.95. The normalized spacial score (nSPS) is 12.4. The maximum atomic E-state index is 11.0. The van der Waals surface area contributed by atoms with Crippen molar-refractivity contribution in [2.45, 2.75) is 13.0 Å². The maximum Gasteiger partial charge on any atom is 0.326 e. The molecule has 0 fully saturated rings. The van der Waals surface area contributed by atoms with Crippen LogP contribution in [-0.4, -0.2) is 17.6 Å². The summed E-state index contributed by atoms with van der Waals surface area (Å²) >= 11 is 1.46. The van der Waals surface area contributed by atoms with Crippen molar-refractivity contribution in [3.63, 3.8) is 0 Å². The minimum Gasteiger partial charge on any atom is -0.480 e. The molecule has 2 N–H and O–H groups in total. The van der Waals surface area contributed by atoms with Crippen LogP contribution in [-0.2, 0) is 4.79 Å². The fourth-order valence-corrected chi connectivity index (χ4v) is 2.17. The summed E-state index contributed by atoms with van der Waals surface area (Å²) in [6, 6.07) is 1.30. The largest absolute Gasteiger partial charge is 0.480 e. The Bertz CT molecular complexity index is 333. The molecule has 0 saturated carbocycles. The second kappa shape index (κ2) is 4.93. The summed E-state index contributed by atoms with van der Waals surface area (Å²) in [7, 11) is 0. The summed E-state index contributed by atoms with van der Waals surface area (Å²) in [4.78, 5) is 11.8. The van der Waals surface area contributed by atoms with Gasteiger partial charge >= 0.3 is 5.97 Å². The van der Waals surface area contributed by atoms with Gasteiger partial charge in [-0.25, -0.2) is 0 Å². The standard InChI is InChI=1S/C10H13NO2S/c1-3-5-11-8(10(12)13)9-7(2)4-6-14-9/h3-4,6,8,11H,1,5H2,2H3,(H,12,13). The molecule has 1 unspecified atom stereocenters. The van der Waals surface area contributed by atoms with Crippen LogP contribution in [0.1, 0.15) is 16.5 Å². The van der Waals surface area contributed by atoms with Crippen molar-refractivity contribution in [1.29, 1.82) is 0 Å². The molecule has 0 bridgehead atoms. The Morgan fingerprint density at radius 3 is 3.00 bits per heavy atom. The van der Waals surface area contributed by atoms with Crippen LogP contribution in [0, 0.1) is 6.92 Å². The third-order valence-electron chi connectivity index (χ3n) is 1.88. The first-order chi connectivity index (χ1) is 6.66. The summed E-state index contributed by atoms with van der Waals surface area (Å²) in [5.41, 5.74) is 1.01. The molecule has 0 aliphatic carbocycles. The van der Waals surface area contributed by atoms with E-state index in [0.29, 0.717) is 6.54 Å². The zero-order valence-electron chi connectivity index (χ0n) is 7.99. The molecule has 1 heterocycles. The van der Waals surface area contributed by atoms with E-state index in [-0.39, 0.29) is 0 Å². The molecule has 0 aliphatic rings. The van der Waals surface area contributed by atoms with Gasteiger partial charge < -0.3 is 5.11 Å². The van der Waals surface area contributed by atoms with Crippen LogP contribution in [0.25, 0.3) is 0 Å². The molecule has 1 rings (SSSR count). The van der Waals surface area contributed by atoms with Crippen LogP contribution in [0.5, 0.6) is 0 Å². The van der Waals surface area contributed by atoms with E-state index in [1.54, 1.807) is 6.08 Å². The monoisotopic (exact) mass is 211 g/mol. The number of aryl methyl sites for hydroxylation is 1. The topological polar surface area (TPSA) is 49.3 Å². The van der Waals surface area contributed by atoms with Crippen LogP contribution in [0.3, 0.4) is 0 Å². The van der Waals surface area contributed by atoms with Crippen molar-refractivity contribution >= 4 is 17.3 Å². The highest BCUT2D eigenvalue weighted by molar-refractivity contribution is 7.10.